The van der Waals surface area contributed by atoms with Gasteiger partial charge in [0.2, 0.25) is 5.71 Å². The Balaban J connectivity index is 2.26. The minimum absolute atomic E-state index is 0.0247. The first kappa shape index (κ1) is 16.0. The summed E-state index contributed by atoms with van der Waals surface area (Å²) in [5, 5.41) is 28.6. The quantitative estimate of drug-likeness (QED) is 0.393. The number of benzene rings is 1. The highest BCUT2D eigenvalue weighted by Gasteiger charge is 2.44. The lowest BCUT2D eigenvalue weighted by Crippen LogP contribution is -2.22. The van der Waals surface area contributed by atoms with E-state index in [9.17, 15) is 0 Å². The van der Waals surface area contributed by atoms with Crippen LogP contribution in [0.25, 0.3) is 10.9 Å². The van der Waals surface area contributed by atoms with Crippen molar-refractivity contribution in [1.29, 1.82) is 10.7 Å². The summed E-state index contributed by atoms with van der Waals surface area (Å²) in [5.74, 6) is -0.361. The molecule has 0 bridgehead atoms. The van der Waals surface area contributed by atoms with Gasteiger partial charge in [-0.15, -0.1) is 0 Å². The fourth-order valence-corrected chi connectivity index (χ4v) is 3.99. The molecule has 0 unspecified atom stereocenters. The van der Waals surface area contributed by atoms with Crippen molar-refractivity contribution in [3.63, 3.8) is 0 Å². The maximum Gasteiger partial charge on any atom is 0.201 e. The predicted molar refractivity (Wildman–Crippen MR) is 95.3 cm³/mol. The molecule has 0 atom stereocenters. The highest BCUT2D eigenvalue weighted by atomic mass is 15.3. The van der Waals surface area contributed by atoms with Gasteiger partial charge in [-0.25, -0.2) is 0 Å². The van der Waals surface area contributed by atoms with E-state index in [1.807, 2.05) is 6.07 Å². The molecule has 1 heterocycles. The van der Waals surface area contributed by atoms with Gasteiger partial charge in [0.05, 0.1) is 17.4 Å². The van der Waals surface area contributed by atoms with Gasteiger partial charge in [-0.2, -0.15) is 15.5 Å². The first-order valence-electron chi connectivity index (χ1n) is 7.76. The zero-order valence-corrected chi connectivity index (χ0v) is 14.3. The number of H-pyrrole nitrogens is 1. The van der Waals surface area contributed by atoms with Gasteiger partial charge in [-0.3, -0.25) is 15.9 Å². The highest BCUT2D eigenvalue weighted by molar-refractivity contribution is 6.45. The molecular weight excluding hydrogens is 302 g/mol. The summed E-state index contributed by atoms with van der Waals surface area (Å²) in [6.07, 6.45) is 2.75. The second-order valence-electron chi connectivity index (χ2n) is 7.55. The van der Waals surface area contributed by atoms with Crippen molar-refractivity contribution in [2.24, 2.45) is 10.8 Å². The molecule has 1 aromatic heterocycles. The van der Waals surface area contributed by atoms with Crippen LogP contribution in [0, 0.1) is 16.7 Å². The Morgan fingerprint density at radius 2 is 2.12 bits per heavy atom. The maximum atomic E-state index is 9.07. The Bertz CT molecular complexity index is 909. The van der Waals surface area contributed by atoms with Gasteiger partial charge in [-0.1, -0.05) is 27.7 Å². The van der Waals surface area contributed by atoms with Gasteiger partial charge < -0.3 is 5.73 Å². The Labute approximate surface area is 140 Å². The van der Waals surface area contributed by atoms with Crippen LogP contribution in [0.5, 0.6) is 0 Å². The molecule has 7 heteroatoms. The summed E-state index contributed by atoms with van der Waals surface area (Å²) in [4.78, 5) is 0. The van der Waals surface area contributed by atoms with Gasteiger partial charge in [-0.05, 0) is 34.4 Å². The van der Waals surface area contributed by atoms with E-state index < -0.39 is 0 Å². The lowest BCUT2D eigenvalue weighted by Gasteiger charge is -2.23. The van der Waals surface area contributed by atoms with Crippen LogP contribution < -0.4 is 11.2 Å². The number of anilines is 1. The van der Waals surface area contributed by atoms with Crippen molar-refractivity contribution in [1.82, 2.24) is 10.2 Å². The van der Waals surface area contributed by atoms with E-state index in [0.717, 1.165) is 23.0 Å². The van der Waals surface area contributed by atoms with E-state index >= 15 is 0 Å². The molecular formula is C17H21N7. The smallest absolute Gasteiger partial charge is 0.201 e. The minimum Gasteiger partial charge on any atom is -0.382 e. The number of fused-ring (bicyclic) bond motifs is 2. The third-order valence-corrected chi connectivity index (χ3v) is 4.68. The van der Waals surface area contributed by atoms with Crippen LogP contribution in [0.3, 0.4) is 0 Å². The number of nitriles is 1. The summed E-state index contributed by atoms with van der Waals surface area (Å²) < 4.78 is 0. The standard InChI is InChI=1S/C17H21N7/c1-16(2)8-17(3,4)13-10(16)5-11-9(7-21-22-11)14(13)24-23-12(6-18)15(19)20/h5,7,24H,8H2,1-4H3,(H3,19,20)(H,21,22)/b23-12+. The van der Waals surface area contributed by atoms with Crippen LogP contribution >= 0.6 is 0 Å². The first-order valence-corrected chi connectivity index (χ1v) is 7.76. The largest absolute Gasteiger partial charge is 0.382 e. The molecule has 1 aromatic carbocycles. The lowest BCUT2D eigenvalue weighted by atomic mass is 9.81. The van der Waals surface area contributed by atoms with Gasteiger partial charge in [0.1, 0.15) is 6.07 Å². The van der Waals surface area contributed by atoms with E-state index in [2.05, 4.69) is 54.5 Å². The van der Waals surface area contributed by atoms with Crippen LogP contribution in [-0.4, -0.2) is 21.7 Å². The summed E-state index contributed by atoms with van der Waals surface area (Å²) >= 11 is 0. The molecule has 3 rings (SSSR count). The summed E-state index contributed by atoms with van der Waals surface area (Å²) in [7, 11) is 0. The third-order valence-electron chi connectivity index (χ3n) is 4.68. The topological polar surface area (TPSA) is 127 Å². The van der Waals surface area contributed by atoms with E-state index in [4.69, 9.17) is 16.4 Å². The van der Waals surface area contributed by atoms with Crippen molar-refractivity contribution in [3.05, 3.63) is 23.4 Å². The normalized spacial score (nSPS) is 18.2. The summed E-state index contributed by atoms with van der Waals surface area (Å²) in [5.41, 5.74) is 12.4. The number of rotatable bonds is 3. The van der Waals surface area contributed by atoms with Crippen molar-refractivity contribution in [3.8, 4) is 6.07 Å². The van der Waals surface area contributed by atoms with Crippen molar-refractivity contribution in [2.75, 3.05) is 5.43 Å². The van der Waals surface area contributed by atoms with E-state index in [1.54, 1.807) is 6.20 Å². The van der Waals surface area contributed by atoms with Crippen LogP contribution in [0.2, 0.25) is 0 Å². The number of nitrogens with one attached hydrogen (secondary N) is 3. The van der Waals surface area contributed by atoms with E-state index in [1.165, 1.54) is 11.1 Å². The van der Waals surface area contributed by atoms with Gasteiger partial charge in [0.15, 0.2) is 5.84 Å². The molecule has 124 valence electrons. The number of aromatic amines is 1. The van der Waals surface area contributed by atoms with Gasteiger partial charge >= 0.3 is 0 Å². The Morgan fingerprint density at radius 3 is 2.75 bits per heavy atom. The molecule has 24 heavy (non-hydrogen) atoms. The van der Waals surface area contributed by atoms with E-state index in [-0.39, 0.29) is 22.4 Å². The molecule has 0 saturated heterocycles. The fourth-order valence-electron chi connectivity index (χ4n) is 3.99. The number of nitrogens with two attached hydrogens (primary N) is 1. The van der Waals surface area contributed by atoms with Crippen LogP contribution in [-0.2, 0) is 10.8 Å². The number of aromatic nitrogens is 2. The monoisotopic (exact) mass is 323 g/mol. The molecule has 0 saturated carbocycles. The van der Waals surface area contributed by atoms with Gasteiger partial charge in [0.25, 0.3) is 0 Å². The average molecular weight is 323 g/mol. The second kappa shape index (κ2) is 5.06. The molecule has 7 nitrogen and oxygen atoms in total. The van der Waals surface area contributed by atoms with Gasteiger partial charge in [0, 0.05) is 5.39 Å². The number of hydrogen-bond donors (Lipinski definition) is 4. The Kier molecular flexibility index (Phi) is 3.37. The van der Waals surface area contributed by atoms with Crippen LogP contribution in [0.1, 0.15) is 45.2 Å². The maximum absolute atomic E-state index is 9.07. The van der Waals surface area contributed by atoms with Crippen LogP contribution in [0.4, 0.5) is 5.69 Å². The molecule has 0 fully saturated rings. The number of amidine groups is 1. The summed E-state index contributed by atoms with van der Waals surface area (Å²) in [6.45, 7) is 8.87. The molecule has 1 aliphatic carbocycles. The second-order valence-corrected chi connectivity index (χ2v) is 7.55. The number of hydrazone groups is 1. The predicted octanol–water partition coefficient (Wildman–Crippen LogP) is 2.75. The first-order chi connectivity index (χ1) is 11.2. The summed E-state index contributed by atoms with van der Waals surface area (Å²) in [6, 6.07) is 3.98. The molecule has 5 N–H and O–H groups in total. The Morgan fingerprint density at radius 1 is 1.42 bits per heavy atom. The lowest BCUT2D eigenvalue weighted by molar-refractivity contribution is 0.403. The SMILES string of the molecule is CC1(C)CC(C)(C)c2c1cc1[nH]ncc1c2N/N=C(\C#N)C(=N)N. The van der Waals surface area contributed by atoms with Crippen molar-refractivity contribution in [2.45, 2.75) is 44.9 Å². The molecule has 0 radical (unpaired) electrons. The van der Waals surface area contributed by atoms with E-state index in [0.29, 0.717) is 0 Å². The average Bonchev–Trinajstić information content (AvgIpc) is 2.99. The number of hydrogen-bond acceptors (Lipinski definition) is 5. The zero-order valence-electron chi connectivity index (χ0n) is 14.3. The fraction of sp³-hybridized carbons (Fsp3) is 0.412. The molecule has 2 aromatic rings. The van der Waals surface area contributed by atoms with Crippen molar-refractivity contribution >= 4 is 28.1 Å². The highest BCUT2D eigenvalue weighted by Crippen LogP contribution is 2.53. The zero-order chi connectivity index (χ0) is 17.7. The Hall–Kier alpha value is -2.88. The molecule has 0 amide bonds. The molecule has 0 spiro atoms. The number of nitrogens with zero attached hydrogens (tertiary/aromatic N) is 3. The van der Waals surface area contributed by atoms with Crippen molar-refractivity contribution < 1.29 is 0 Å². The molecule has 0 aliphatic heterocycles. The minimum atomic E-state index is -0.361. The van der Waals surface area contributed by atoms with Crippen LogP contribution in [0.15, 0.2) is 17.4 Å². The molecule has 1 aliphatic rings. The third kappa shape index (κ3) is 2.31.